The van der Waals surface area contributed by atoms with Gasteiger partial charge in [-0.15, -0.1) is 0 Å². The average Bonchev–Trinajstić information content (AvgIpc) is 3.02. The van der Waals surface area contributed by atoms with Crippen LogP contribution in [0.1, 0.15) is 32.6 Å². The first kappa shape index (κ1) is 11.4. The monoisotopic (exact) mass is 221 g/mol. The molecule has 1 heterocycles. The molecule has 1 amide bonds. The smallest absolute Gasteiger partial charge is 0.239 e. The molecule has 2 rings (SSSR count). The zero-order valence-electron chi connectivity index (χ0n) is 9.83. The zero-order valence-corrected chi connectivity index (χ0v) is 9.83. The highest BCUT2D eigenvalue weighted by molar-refractivity contribution is 5.81. The van der Waals surface area contributed by atoms with Gasteiger partial charge in [0, 0.05) is 24.9 Å². The van der Waals surface area contributed by atoms with Crippen LogP contribution in [-0.2, 0) is 4.79 Å². The fourth-order valence-electron chi connectivity index (χ4n) is 2.36. The third-order valence-corrected chi connectivity index (χ3v) is 3.67. The third kappa shape index (κ3) is 2.35. The molecule has 88 valence electrons. The van der Waals surface area contributed by atoms with E-state index in [0.717, 1.165) is 38.9 Å². The van der Waals surface area contributed by atoms with Crippen LogP contribution < -0.4 is 5.32 Å². The fourth-order valence-corrected chi connectivity index (χ4v) is 2.36. The van der Waals surface area contributed by atoms with E-state index < -0.39 is 0 Å². The van der Waals surface area contributed by atoms with E-state index in [1.165, 1.54) is 0 Å². The van der Waals surface area contributed by atoms with Gasteiger partial charge in [0.25, 0.3) is 0 Å². The van der Waals surface area contributed by atoms with Crippen LogP contribution in [0.25, 0.3) is 0 Å². The van der Waals surface area contributed by atoms with Gasteiger partial charge in [-0.05, 0) is 32.7 Å². The van der Waals surface area contributed by atoms with E-state index >= 15 is 0 Å². The highest BCUT2D eigenvalue weighted by atomic mass is 16.2. The minimum atomic E-state index is -0.0691. The van der Waals surface area contributed by atoms with Crippen LogP contribution in [0.3, 0.4) is 0 Å². The Morgan fingerprint density at radius 3 is 3.00 bits per heavy atom. The second-order valence-electron chi connectivity index (χ2n) is 5.12. The number of carbonyl (C=O) groups is 1. The van der Waals surface area contributed by atoms with Crippen molar-refractivity contribution in [2.75, 3.05) is 19.6 Å². The van der Waals surface area contributed by atoms with Crippen molar-refractivity contribution in [1.82, 2.24) is 10.2 Å². The molecule has 1 atom stereocenters. The van der Waals surface area contributed by atoms with E-state index in [9.17, 15) is 4.79 Å². The second-order valence-corrected chi connectivity index (χ2v) is 5.12. The topological polar surface area (TPSA) is 56.1 Å². The van der Waals surface area contributed by atoms with Crippen LogP contribution in [0, 0.1) is 16.7 Å². The van der Waals surface area contributed by atoms with Crippen molar-refractivity contribution in [2.24, 2.45) is 5.41 Å². The van der Waals surface area contributed by atoms with E-state index in [1.54, 1.807) is 0 Å². The first-order valence-electron chi connectivity index (χ1n) is 6.06. The lowest BCUT2D eigenvalue weighted by molar-refractivity contribution is -0.133. The average molecular weight is 221 g/mol. The Morgan fingerprint density at radius 2 is 2.38 bits per heavy atom. The summed E-state index contributed by atoms with van der Waals surface area (Å²) >= 11 is 0. The molecular weight excluding hydrogens is 202 g/mol. The summed E-state index contributed by atoms with van der Waals surface area (Å²) < 4.78 is 0. The maximum absolute atomic E-state index is 12.0. The summed E-state index contributed by atoms with van der Waals surface area (Å²) in [7, 11) is 0. The first-order chi connectivity index (χ1) is 7.67. The fraction of sp³-hybridized carbons (Fsp3) is 0.833. The standard InChI is InChI=1S/C12H19N3O/c1-10-11(16)15(8-2-7-14-10)9-12(3-4-12)5-6-13/h10,14H,2-5,7-9H2,1H3. The SMILES string of the molecule is CC1NCCCN(CC2(CC#N)CC2)C1=O. The molecule has 0 bridgehead atoms. The minimum Gasteiger partial charge on any atom is -0.341 e. The number of rotatable bonds is 3. The molecule has 1 saturated carbocycles. The molecule has 0 aromatic carbocycles. The molecule has 16 heavy (non-hydrogen) atoms. The largest absolute Gasteiger partial charge is 0.341 e. The van der Waals surface area contributed by atoms with E-state index in [-0.39, 0.29) is 17.4 Å². The highest BCUT2D eigenvalue weighted by Gasteiger charge is 2.45. The first-order valence-corrected chi connectivity index (χ1v) is 6.06. The molecule has 1 aliphatic carbocycles. The van der Waals surface area contributed by atoms with Crippen LogP contribution >= 0.6 is 0 Å². The summed E-state index contributed by atoms with van der Waals surface area (Å²) in [5.74, 6) is 0.196. The Hall–Kier alpha value is -1.08. The van der Waals surface area contributed by atoms with E-state index in [2.05, 4.69) is 11.4 Å². The van der Waals surface area contributed by atoms with E-state index in [0.29, 0.717) is 6.42 Å². The predicted octanol–water partition coefficient (Wildman–Crippen LogP) is 0.891. The Bertz CT molecular complexity index is 317. The number of amides is 1. The number of nitriles is 1. The van der Waals surface area contributed by atoms with Gasteiger partial charge >= 0.3 is 0 Å². The van der Waals surface area contributed by atoms with Crippen LogP contribution in [0.4, 0.5) is 0 Å². The molecule has 0 aromatic heterocycles. The summed E-state index contributed by atoms with van der Waals surface area (Å²) in [4.78, 5) is 14.0. The number of nitrogens with zero attached hydrogens (tertiary/aromatic N) is 2. The van der Waals surface area contributed by atoms with Crippen molar-refractivity contribution >= 4 is 5.91 Å². The third-order valence-electron chi connectivity index (χ3n) is 3.67. The summed E-state index contributed by atoms with van der Waals surface area (Å²) in [6.07, 6.45) is 3.82. The van der Waals surface area contributed by atoms with Crippen molar-refractivity contribution in [3.63, 3.8) is 0 Å². The molecule has 2 fully saturated rings. The van der Waals surface area contributed by atoms with Crippen molar-refractivity contribution in [1.29, 1.82) is 5.26 Å². The van der Waals surface area contributed by atoms with Crippen molar-refractivity contribution in [2.45, 2.75) is 38.6 Å². The molecule has 0 spiro atoms. The van der Waals surface area contributed by atoms with Crippen molar-refractivity contribution in [3.05, 3.63) is 0 Å². The van der Waals surface area contributed by atoms with E-state index in [1.807, 2.05) is 11.8 Å². The summed E-state index contributed by atoms with van der Waals surface area (Å²) in [5, 5.41) is 12.0. The van der Waals surface area contributed by atoms with Gasteiger partial charge in [0.2, 0.25) is 5.91 Å². The Balaban J connectivity index is 1.97. The molecule has 4 nitrogen and oxygen atoms in total. The van der Waals surface area contributed by atoms with Gasteiger partial charge in [-0.1, -0.05) is 0 Å². The van der Waals surface area contributed by atoms with Gasteiger partial charge in [-0.3, -0.25) is 4.79 Å². The maximum atomic E-state index is 12.0. The van der Waals surface area contributed by atoms with Crippen LogP contribution in [0.2, 0.25) is 0 Å². The van der Waals surface area contributed by atoms with Gasteiger partial charge in [0.1, 0.15) is 0 Å². The molecule has 1 saturated heterocycles. The van der Waals surface area contributed by atoms with Crippen molar-refractivity contribution < 1.29 is 4.79 Å². The lowest BCUT2D eigenvalue weighted by Gasteiger charge is -2.26. The number of hydrogen-bond donors (Lipinski definition) is 1. The lowest BCUT2D eigenvalue weighted by Crippen LogP contribution is -2.43. The van der Waals surface area contributed by atoms with Gasteiger partial charge in [-0.2, -0.15) is 5.26 Å². The number of carbonyl (C=O) groups excluding carboxylic acids is 1. The quantitative estimate of drug-likeness (QED) is 0.770. The highest BCUT2D eigenvalue weighted by Crippen LogP contribution is 2.49. The molecule has 1 N–H and O–H groups in total. The molecule has 1 aliphatic heterocycles. The Labute approximate surface area is 96.6 Å². The molecule has 1 unspecified atom stereocenters. The molecular formula is C12H19N3O. The van der Waals surface area contributed by atoms with Gasteiger partial charge in [0.05, 0.1) is 12.1 Å². The zero-order chi connectivity index (χ0) is 11.6. The molecule has 2 aliphatic rings. The molecule has 4 heteroatoms. The van der Waals surface area contributed by atoms with Crippen LogP contribution in [0.5, 0.6) is 0 Å². The lowest BCUT2D eigenvalue weighted by atomic mass is 10.0. The number of hydrogen-bond acceptors (Lipinski definition) is 3. The summed E-state index contributed by atoms with van der Waals surface area (Å²) in [5.41, 5.74) is 0.133. The van der Waals surface area contributed by atoms with Crippen LogP contribution in [0.15, 0.2) is 0 Å². The summed E-state index contributed by atoms with van der Waals surface area (Å²) in [6, 6.07) is 2.18. The maximum Gasteiger partial charge on any atom is 0.239 e. The van der Waals surface area contributed by atoms with Crippen LogP contribution in [-0.4, -0.2) is 36.5 Å². The normalized spacial score (nSPS) is 28.4. The van der Waals surface area contributed by atoms with Gasteiger partial charge < -0.3 is 10.2 Å². The molecule has 0 aromatic rings. The predicted molar refractivity (Wildman–Crippen MR) is 60.6 cm³/mol. The van der Waals surface area contributed by atoms with Gasteiger partial charge in [-0.25, -0.2) is 0 Å². The van der Waals surface area contributed by atoms with Crippen molar-refractivity contribution in [3.8, 4) is 6.07 Å². The molecule has 0 radical (unpaired) electrons. The second kappa shape index (κ2) is 4.42. The number of nitrogens with one attached hydrogen (secondary N) is 1. The summed E-state index contributed by atoms with van der Waals surface area (Å²) in [6.45, 7) is 4.45. The Kier molecular flexibility index (Phi) is 3.15. The minimum absolute atomic E-state index is 0.0691. The van der Waals surface area contributed by atoms with Gasteiger partial charge in [0.15, 0.2) is 0 Å². The Morgan fingerprint density at radius 1 is 1.62 bits per heavy atom. The van der Waals surface area contributed by atoms with E-state index in [4.69, 9.17) is 5.26 Å².